The van der Waals surface area contributed by atoms with Gasteiger partial charge in [0.25, 0.3) is 5.91 Å². The second-order valence-electron chi connectivity index (χ2n) is 7.03. The molecule has 148 valence electrons. The van der Waals surface area contributed by atoms with Gasteiger partial charge in [-0.2, -0.15) is 13.2 Å². The van der Waals surface area contributed by atoms with Gasteiger partial charge in [0, 0.05) is 13.0 Å². The number of nitrogens with zero attached hydrogens (tertiary/aromatic N) is 1. The van der Waals surface area contributed by atoms with Gasteiger partial charge < -0.3 is 10.6 Å². The van der Waals surface area contributed by atoms with Crippen molar-refractivity contribution in [2.45, 2.75) is 51.4 Å². The molecule has 1 aromatic rings. The van der Waals surface area contributed by atoms with Gasteiger partial charge in [-0.05, 0) is 44.9 Å². The van der Waals surface area contributed by atoms with E-state index in [1.807, 2.05) is 0 Å². The number of alkyl halides is 3. The molecule has 1 heterocycles. The first-order chi connectivity index (χ1) is 12.4. The summed E-state index contributed by atoms with van der Waals surface area (Å²) in [4.78, 5) is 36.9. The standard InChI is InChI=1S/C18H22F3N3O3/c1-11(12-6-4-7-13(10-12)18(19,20)21)22-14(25)8-5-9-24-15(26)17(2,3)23-16(24)27/h4,6-7,10-11H,5,8-9H2,1-3H3,(H,22,25)(H,23,27)/t11-/m1/s1. The minimum absolute atomic E-state index is 0.0425. The molecule has 1 aromatic carbocycles. The van der Waals surface area contributed by atoms with Crippen LogP contribution in [0.4, 0.5) is 18.0 Å². The summed E-state index contributed by atoms with van der Waals surface area (Å²) < 4.78 is 38.3. The van der Waals surface area contributed by atoms with Crippen LogP contribution in [0.5, 0.6) is 0 Å². The molecule has 2 rings (SSSR count). The van der Waals surface area contributed by atoms with Crippen molar-refractivity contribution in [3.05, 3.63) is 35.4 Å². The number of amides is 4. The van der Waals surface area contributed by atoms with Crippen molar-refractivity contribution in [2.24, 2.45) is 0 Å². The van der Waals surface area contributed by atoms with Crippen LogP contribution >= 0.6 is 0 Å². The van der Waals surface area contributed by atoms with E-state index >= 15 is 0 Å². The third kappa shape index (κ3) is 4.99. The highest BCUT2D eigenvalue weighted by Gasteiger charge is 2.43. The van der Waals surface area contributed by atoms with Crippen LogP contribution in [0.15, 0.2) is 24.3 Å². The lowest BCUT2D eigenvalue weighted by Gasteiger charge is -2.17. The van der Waals surface area contributed by atoms with Crippen molar-refractivity contribution < 1.29 is 27.6 Å². The Morgan fingerprint density at radius 1 is 1.30 bits per heavy atom. The second kappa shape index (κ2) is 7.58. The Balaban J connectivity index is 1.86. The highest BCUT2D eigenvalue weighted by molar-refractivity contribution is 6.06. The first-order valence-electron chi connectivity index (χ1n) is 8.52. The summed E-state index contributed by atoms with van der Waals surface area (Å²) in [6, 6.07) is 3.67. The molecule has 4 amide bonds. The fraction of sp³-hybridized carbons (Fsp3) is 0.500. The van der Waals surface area contributed by atoms with Crippen molar-refractivity contribution >= 4 is 17.8 Å². The van der Waals surface area contributed by atoms with Crippen LogP contribution < -0.4 is 10.6 Å². The molecule has 1 aliphatic heterocycles. The molecule has 0 bridgehead atoms. The van der Waals surface area contributed by atoms with E-state index in [1.54, 1.807) is 20.8 Å². The molecule has 1 atom stereocenters. The maximum Gasteiger partial charge on any atom is 0.416 e. The predicted octanol–water partition coefficient (Wildman–Crippen LogP) is 2.99. The van der Waals surface area contributed by atoms with E-state index in [2.05, 4.69) is 10.6 Å². The number of benzene rings is 1. The summed E-state index contributed by atoms with van der Waals surface area (Å²) in [6.45, 7) is 4.88. The molecule has 6 nitrogen and oxygen atoms in total. The number of hydrogen-bond donors (Lipinski definition) is 2. The monoisotopic (exact) mass is 385 g/mol. The number of halogens is 3. The number of hydrogen-bond acceptors (Lipinski definition) is 3. The van der Waals surface area contributed by atoms with Gasteiger partial charge in [-0.15, -0.1) is 0 Å². The van der Waals surface area contributed by atoms with E-state index in [1.165, 1.54) is 12.1 Å². The van der Waals surface area contributed by atoms with Crippen LogP contribution in [0, 0.1) is 0 Å². The lowest BCUT2D eigenvalue weighted by atomic mass is 10.0. The lowest BCUT2D eigenvalue weighted by molar-refractivity contribution is -0.137. The minimum Gasteiger partial charge on any atom is -0.350 e. The zero-order valence-electron chi connectivity index (χ0n) is 15.3. The fourth-order valence-electron chi connectivity index (χ4n) is 2.80. The summed E-state index contributed by atoms with van der Waals surface area (Å²) in [5.74, 6) is -0.725. The maximum absolute atomic E-state index is 12.8. The van der Waals surface area contributed by atoms with E-state index in [-0.39, 0.29) is 31.2 Å². The van der Waals surface area contributed by atoms with Crippen LogP contribution in [0.2, 0.25) is 0 Å². The van der Waals surface area contributed by atoms with E-state index in [0.29, 0.717) is 5.56 Å². The van der Waals surface area contributed by atoms with Crippen LogP contribution in [0.25, 0.3) is 0 Å². The Hall–Kier alpha value is -2.58. The average molecular weight is 385 g/mol. The van der Waals surface area contributed by atoms with E-state index in [9.17, 15) is 27.6 Å². The summed E-state index contributed by atoms with van der Waals surface area (Å²) in [6.07, 6.45) is -4.15. The number of imide groups is 1. The molecule has 27 heavy (non-hydrogen) atoms. The second-order valence-corrected chi connectivity index (χ2v) is 7.03. The molecule has 0 aromatic heterocycles. The molecule has 1 saturated heterocycles. The summed E-state index contributed by atoms with van der Waals surface area (Å²) in [5, 5.41) is 5.18. The van der Waals surface area contributed by atoms with Crippen LogP contribution in [-0.4, -0.2) is 34.8 Å². The molecule has 1 aliphatic rings. The SMILES string of the molecule is C[C@@H](NC(=O)CCCN1C(=O)NC(C)(C)C1=O)c1cccc(C(F)(F)F)c1. The van der Waals surface area contributed by atoms with Gasteiger partial charge in [-0.3, -0.25) is 14.5 Å². The Morgan fingerprint density at radius 3 is 2.52 bits per heavy atom. The smallest absolute Gasteiger partial charge is 0.350 e. The Kier molecular flexibility index (Phi) is 5.82. The van der Waals surface area contributed by atoms with Gasteiger partial charge in [0.05, 0.1) is 11.6 Å². The first-order valence-corrected chi connectivity index (χ1v) is 8.52. The molecule has 0 aliphatic carbocycles. The van der Waals surface area contributed by atoms with Gasteiger partial charge in [-0.1, -0.05) is 12.1 Å². The van der Waals surface area contributed by atoms with E-state index < -0.39 is 29.4 Å². The van der Waals surface area contributed by atoms with Crippen molar-refractivity contribution in [1.82, 2.24) is 15.5 Å². The Labute approximate surface area is 155 Å². The Bertz CT molecular complexity index is 747. The van der Waals surface area contributed by atoms with Crippen LogP contribution in [0.1, 0.15) is 50.8 Å². The van der Waals surface area contributed by atoms with Gasteiger partial charge in [0.1, 0.15) is 5.54 Å². The topological polar surface area (TPSA) is 78.5 Å². The molecule has 1 fully saturated rings. The number of carbonyl (C=O) groups excluding carboxylic acids is 3. The highest BCUT2D eigenvalue weighted by atomic mass is 19.4. The van der Waals surface area contributed by atoms with E-state index in [4.69, 9.17) is 0 Å². The van der Waals surface area contributed by atoms with Crippen molar-refractivity contribution in [3.63, 3.8) is 0 Å². The number of urea groups is 1. The van der Waals surface area contributed by atoms with Crippen LogP contribution in [-0.2, 0) is 15.8 Å². The maximum atomic E-state index is 12.8. The zero-order valence-corrected chi connectivity index (χ0v) is 15.3. The van der Waals surface area contributed by atoms with E-state index in [0.717, 1.165) is 17.0 Å². The summed E-state index contributed by atoms with van der Waals surface area (Å²) in [7, 11) is 0. The van der Waals surface area contributed by atoms with Crippen LogP contribution in [0.3, 0.4) is 0 Å². The van der Waals surface area contributed by atoms with Gasteiger partial charge in [0.2, 0.25) is 5.91 Å². The molecule has 0 radical (unpaired) electrons. The minimum atomic E-state index is -4.45. The first kappa shape index (κ1) is 20.7. The molecule has 9 heteroatoms. The molecule has 0 unspecified atom stereocenters. The lowest BCUT2D eigenvalue weighted by Crippen LogP contribution is -2.40. The van der Waals surface area contributed by atoms with Crippen molar-refractivity contribution in [3.8, 4) is 0 Å². The third-order valence-corrected chi connectivity index (χ3v) is 4.32. The summed E-state index contributed by atoms with van der Waals surface area (Å²) in [5.41, 5.74) is -1.39. The summed E-state index contributed by atoms with van der Waals surface area (Å²) >= 11 is 0. The normalized spacial score (nSPS) is 17.6. The predicted molar refractivity (Wildman–Crippen MR) is 91.6 cm³/mol. The van der Waals surface area contributed by atoms with Gasteiger partial charge >= 0.3 is 12.2 Å². The molecule has 0 saturated carbocycles. The molecule has 2 N–H and O–H groups in total. The third-order valence-electron chi connectivity index (χ3n) is 4.32. The number of nitrogens with one attached hydrogen (secondary N) is 2. The quantitative estimate of drug-likeness (QED) is 0.739. The molecule has 0 spiro atoms. The average Bonchev–Trinajstić information content (AvgIpc) is 2.75. The highest BCUT2D eigenvalue weighted by Crippen LogP contribution is 2.30. The fourth-order valence-corrected chi connectivity index (χ4v) is 2.80. The zero-order chi connectivity index (χ0) is 20.4. The van der Waals surface area contributed by atoms with Gasteiger partial charge in [-0.25, -0.2) is 4.79 Å². The number of rotatable bonds is 6. The van der Waals surface area contributed by atoms with Crippen molar-refractivity contribution in [1.29, 1.82) is 0 Å². The van der Waals surface area contributed by atoms with Crippen molar-refractivity contribution in [2.75, 3.05) is 6.54 Å². The molecular weight excluding hydrogens is 363 g/mol. The Morgan fingerprint density at radius 2 is 1.96 bits per heavy atom. The molecular formula is C18H22F3N3O3. The number of carbonyl (C=O) groups is 3. The van der Waals surface area contributed by atoms with Gasteiger partial charge in [0.15, 0.2) is 0 Å². The largest absolute Gasteiger partial charge is 0.416 e.